The SMILES string of the molecule is CN=C(NCCC(=O)NC1CCCCC1)NCc1cc(OC)ccc1OC(F)F. The van der Waals surface area contributed by atoms with Crippen LogP contribution in [0, 0.1) is 0 Å². The van der Waals surface area contributed by atoms with Crippen molar-refractivity contribution in [2.24, 2.45) is 4.99 Å². The molecule has 1 aromatic rings. The Balaban J connectivity index is 1.80. The average molecular weight is 412 g/mol. The first-order valence-corrected chi connectivity index (χ1v) is 9.87. The third-order valence-electron chi connectivity index (χ3n) is 4.77. The van der Waals surface area contributed by atoms with Crippen molar-refractivity contribution >= 4 is 11.9 Å². The van der Waals surface area contributed by atoms with E-state index in [0.29, 0.717) is 30.2 Å². The maximum Gasteiger partial charge on any atom is 0.387 e. The highest BCUT2D eigenvalue weighted by atomic mass is 19.3. The summed E-state index contributed by atoms with van der Waals surface area (Å²) < 4.78 is 34.9. The van der Waals surface area contributed by atoms with Crippen LogP contribution in [0.2, 0.25) is 0 Å². The summed E-state index contributed by atoms with van der Waals surface area (Å²) in [6.45, 7) is -2.30. The van der Waals surface area contributed by atoms with Crippen LogP contribution in [-0.4, -0.2) is 45.2 Å². The van der Waals surface area contributed by atoms with Gasteiger partial charge < -0.3 is 25.4 Å². The number of amides is 1. The molecule has 0 aromatic heterocycles. The molecular formula is C20H30F2N4O3. The molecule has 1 amide bonds. The fraction of sp³-hybridized carbons (Fsp3) is 0.600. The van der Waals surface area contributed by atoms with Gasteiger partial charge in [-0.15, -0.1) is 0 Å². The number of hydrogen-bond acceptors (Lipinski definition) is 4. The maximum absolute atomic E-state index is 12.6. The standard InChI is InChI=1S/C20H30F2N4O3/c1-23-20(24-11-10-18(27)26-15-6-4-3-5-7-15)25-13-14-12-16(28-2)8-9-17(14)29-19(21)22/h8-9,12,15,19H,3-7,10-11,13H2,1-2H3,(H,26,27)(H2,23,24,25). The van der Waals surface area contributed by atoms with Crippen LogP contribution in [0.3, 0.4) is 0 Å². The fourth-order valence-corrected chi connectivity index (χ4v) is 3.27. The Morgan fingerprint density at radius 1 is 1.24 bits per heavy atom. The van der Waals surface area contributed by atoms with E-state index in [4.69, 9.17) is 4.74 Å². The summed E-state index contributed by atoms with van der Waals surface area (Å²) in [6.07, 6.45) is 6.00. The lowest BCUT2D eigenvalue weighted by molar-refractivity contribution is -0.121. The average Bonchev–Trinajstić information content (AvgIpc) is 2.71. The molecule has 1 aliphatic carbocycles. The number of methoxy groups -OCH3 is 1. The topological polar surface area (TPSA) is 84.0 Å². The molecule has 0 spiro atoms. The molecule has 1 saturated carbocycles. The third-order valence-corrected chi connectivity index (χ3v) is 4.77. The summed E-state index contributed by atoms with van der Waals surface area (Å²) in [5.41, 5.74) is 0.502. The van der Waals surface area contributed by atoms with Crippen LogP contribution >= 0.6 is 0 Å². The zero-order chi connectivity index (χ0) is 21.1. The molecule has 0 bridgehead atoms. The molecule has 0 heterocycles. The number of aliphatic imine (C=N–C) groups is 1. The van der Waals surface area contributed by atoms with Crippen LogP contribution in [0.15, 0.2) is 23.2 Å². The zero-order valence-electron chi connectivity index (χ0n) is 17.0. The van der Waals surface area contributed by atoms with E-state index in [1.807, 2.05) is 0 Å². The third kappa shape index (κ3) is 8.13. The molecule has 7 nitrogen and oxygen atoms in total. The number of benzene rings is 1. The number of halogens is 2. The van der Waals surface area contributed by atoms with Gasteiger partial charge in [0.25, 0.3) is 0 Å². The number of guanidine groups is 1. The van der Waals surface area contributed by atoms with E-state index < -0.39 is 6.61 Å². The first kappa shape index (κ1) is 22.7. The van der Waals surface area contributed by atoms with Crippen molar-refractivity contribution in [3.63, 3.8) is 0 Å². The van der Waals surface area contributed by atoms with Gasteiger partial charge in [-0.3, -0.25) is 9.79 Å². The largest absolute Gasteiger partial charge is 0.497 e. The number of hydrogen-bond donors (Lipinski definition) is 3. The van der Waals surface area contributed by atoms with Gasteiger partial charge in [0.2, 0.25) is 5.91 Å². The summed E-state index contributed by atoms with van der Waals surface area (Å²) in [6, 6.07) is 4.90. The summed E-state index contributed by atoms with van der Waals surface area (Å²) in [5, 5.41) is 9.15. The minimum atomic E-state index is -2.91. The van der Waals surface area contributed by atoms with Crippen molar-refractivity contribution in [3.8, 4) is 11.5 Å². The van der Waals surface area contributed by atoms with Crippen LogP contribution in [0.25, 0.3) is 0 Å². The molecule has 162 valence electrons. The van der Waals surface area contributed by atoms with Crippen molar-refractivity contribution in [1.82, 2.24) is 16.0 Å². The number of nitrogens with one attached hydrogen (secondary N) is 3. The van der Waals surface area contributed by atoms with Gasteiger partial charge >= 0.3 is 6.61 Å². The minimum absolute atomic E-state index is 0.0141. The lowest BCUT2D eigenvalue weighted by atomic mass is 9.95. The number of alkyl halides is 2. The quantitative estimate of drug-likeness (QED) is 0.429. The highest BCUT2D eigenvalue weighted by Gasteiger charge is 2.15. The molecular weight excluding hydrogens is 382 g/mol. The summed E-state index contributed by atoms with van der Waals surface area (Å²) in [7, 11) is 3.10. The molecule has 1 aromatic carbocycles. The number of rotatable bonds is 9. The van der Waals surface area contributed by atoms with Crippen molar-refractivity contribution in [3.05, 3.63) is 23.8 Å². The van der Waals surface area contributed by atoms with Gasteiger partial charge in [0.05, 0.1) is 7.11 Å². The fourth-order valence-electron chi connectivity index (χ4n) is 3.27. The van der Waals surface area contributed by atoms with Gasteiger partial charge in [-0.25, -0.2) is 0 Å². The predicted octanol–water partition coefficient (Wildman–Crippen LogP) is 2.80. The Morgan fingerprint density at radius 2 is 2.00 bits per heavy atom. The second kappa shape index (κ2) is 12.1. The van der Waals surface area contributed by atoms with Gasteiger partial charge in [-0.05, 0) is 31.0 Å². The van der Waals surface area contributed by atoms with Gasteiger partial charge in [-0.1, -0.05) is 19.3 Å². The molecule has 0 atom stereocenters. The van der Waals surface area contributed by atoms with Crippen LogP contribution < -0.4 is 25.4 Å². The van der Waals surface area contributed by atoms with Gasteiger partial charge in [-0.2, -0.15) is 8.78 Å². The van der Waals surface area contributed by atoms with Crippen molar-refractivity contribution < 1.29 is 23.0 Å². The van der Waals surface area contributed by atoms with Gasteiger partial charge in [0, 0.05) is 38.2 Å². The predicted molar refractivity (Wildman–Crippen MR) is 107 cm³/mol. The van der Waals surface area contributed by atoms with Gasteiger partial charge in [0.15, 0.2) is 5.96 Å². The Hall–Kier alpha value is -2.58. The number of nitrogens with zero attached hydrogens (tertiary/aromatic N) is 1. The zero-order valence-corrected chi connectivity index (χ0v) is 17.0. The highest BCUT2D eigenvalue weighted by Crippen LogP contribution is 2.25. The molecule has 1 fully saturated rings. The molecule has 0 aliphatic heterocycles. The molecule has 3 N–H and O–H groups in total. The Kier molecular flexibility index (Phi) is 9.46. The van der Waals surface area contributed by atoms with Crippen molar-refractivity contribution in [1.29, 1.82) is 0 Å². The van der Waals surface area contributed by atoms with E-state index in [9.17, 15) is 13.6 Å². The Morgan fingerprint density at radius 3 is 2.66 bits per heavy atom. The van der Waals surface area contributed by atoms with Crippen molar-refractivity contribution in [2.45, 2.75) is 57.7 Å². The first-order chi connectivity index (χ1) is 14.0. The number of ether oxygens (including phenoxy) is 2. The minimum Gasteiger partial charge on any atom is -0.497 e. The van der Waals surface area contributed by atoms with E-state index in [2.05, 4.69) is 25.7 Å². The van der Waals surface area contributed by atoms with Gasteiger partial charge in [0.1, 0.15) is 11.5 Å². The number of carbonyl (C=O) groups excluding carboxylic acids is 1. The summed E-state index contributed by atoms with van der Waals surface area (Å²) >= 11 is 0. The van der Waals surface area contributed by atoms with Crippen molar-refractivity contribution in [2.75, 3.05) is 20.7 Å². The Bertz CT molecular complexity index is 680. The lowest BCUT2D eigenvalue weighted by Crippen LogP contribution is -2.41. The van der Waals surface area contributed by atoms with Crippen LogP contribution in [0.5, 0.6) is 11.5 Å². The lowest BCUT2D eigenvalue weighted by Gasteiger charge is -2.22. The smallest absolute Gasteiger partial charge is 0.387 e. The summed E-state index contributed by atoms with van der Waals surface area (Å²) in [5.74, 6) is 1.07. The van der Waals surface area contributed by atoms with E-state index in [-0.39, 0.29) is 24.2 Å². The normalized spacial score (nSPS) is 15.1. The second-order valence-electron chi connectivity index (χ2n) is 6.86. The molecule has 9 heteroatoms. The number of carbonyl (C=O) groups is 1. The van der Waals surface area contributed by atoms with E-state index >= 15 is 0 Å². The molecule has 0 radical (unpaired) electrons. The maximum atomic E-state index is 12.6. The Labute approximate surface area is 170 Å². The molecule has 0 saturated heterocycles. The van der Waals surface area contributed by atoms with E-state index in [1.165, 1.54) is 32.4 Å². The monoisotopic (exact) mass is 412 g/mol. The molecule has 0 unspecified atom stereocenters. The van der Waals surface area contributed by atoms with E-state index in [0.717, 1.165) is 12.8 Å². The first-order valence-electron chi connectivity index (χ1n) is 9.87. The highest BCUT2D eigenvalue weighted by molar-refractivity contribution is 5.81. The molecule has 29 heavy (non-hydrogen) atoms. The van der Waals surface area contributed by atoms with Crippen LogP contribution in [-0.2, 0) is 11.3 Å². The van der Waals surface area contributed by atoms with Crippen LogP contribution in [0.1, 0.15) is 44.1 Å². The molecule has 2 rings (SSSR count). The molecule has 1 aliphatic rings. The van der Waals surface area contributed by atoms with E-state index in [1.54, 1.807) is 19.2 Å². The second-order valence-corrected chi connectivity index (χ2v) is 6.86. The summed E-state index contributed by atoms with van der Waals surface area (Å²) in [4.78, 5) is 16.2. The van der Waals surface area contributed by atoms with Crippen LogP contribution in [0.4, 0.5) is 8.78 Å².